The minimum absolute atomic E-state index is 0.214. The number of hydrogen-bond acceptors (Lipinski definition) is 8. The van der Waals surface area contributed by atoms with Crippen LogP contribution in [0.5, 0.6) is 0 Å². The van der Waals surface area contributed by atoms with Gasteiger partial charge in [-0.15, -0.1) is 0 Å². The molecular formula is C21H24N6O3. The Kier molecular flexibility index (Phi) is 5.40. The van der Waals surface area contributed by atoms with Gasteiger partial charge in [-0.25, -0.2) is 15.0 Å². The van der Waals surface area contributed by atoms with Crippen LogP contribution in [-0.2, 0) is 10.5 Å². The highest BCUT2D eigenvalue weighted by molar-refractivity contribution is 5.81. The van der Waals surface area contributed by atoms with Crippen molar-refractivity contribution in [2.24, 2.45) is 5.73 Å². The number of aliphatic hydroxyl groups excluding tert-OH is 2. The van der Waals surface area contributed by atoms with Gasteiger partial charge in [-0.1, -0.05) is 30.9 Å². The summed E-state index contributed by atoms with van der Waals surface area (Å²) in [7, 11) is 0. The molecule has 2 aromatic heterocycles. The van der Waals surface area contributed by atoms with Crippen molar-refractivity contribution in [2.45, 2.75) is 37.2 Å². The van der Waals surface area contributed by atoms with Crippen LogP contribution in [0.15, 0.2) is 36.9 Å². The molecule has 0 spiro atoms. The van der Waals surface area contributed by atoms with E-state index < -0.39 is 17.9 Å². The van der Waals surface area contributed by atoms with Crippen LogP contribution in [0.3, 0.4) is 0 Å². The van der Waals surface area contributed by atoms with E-state index >= 15 is 0 Å². The second-order valence-corrected chi connectivity index (χ2v) is 7.35. The Morgan fingerprint density at radius 2 is 2.07 bits per heavy atom. The minimum atomic E-state index is -1.02. The fourth-order valence-corrected chi connectivity index (χ4v) is 4.02. The van der Waals surface area contributed by atoms with E-state index in [1.807, 2.05) is 31.2 Å². The largest absolute Gasteiger partial charge is 0.394 e. The third kappa shape index (κ3) is 3.30. The molecule has 4 rings (SSSR count). The predicted molar refractivity (Wildman–Crippen MR) is 111 cm³/mol. The number of hydrogen-bond donors (Lipinski definition) is 4. The van der Waals surface area contributed by atoms with Crippen LogP contribution < -0.4 is 11.5 Å². The number of fused-ring (bicyclic) bond motifs is 1. The molecule has 4 atom stereocenters. The molecule has 1 aliphatic heterocycles. The van der Waals surface area contributed by atoms with E-state index in [0.29, 0.717) is 17.7 Å². The standard InChI is InChI=1S/C21H24N6O3/c1-13(15-6-4-14(5-7-15)3-2-8-22)21(9-16(29)17(10-28)30-21)27-12-26-18-19(23)24-11-25-20(18)27/h4-7,11-13,16-17,28-29H,8-10,22H2,1H3,(H2,23,24,25)/t13?,16-,17+,21-/m0/s1. The Morgan fingerprint density at radius 1 is 1.30 bits per heavy atom. The molecule has 1 saturated heterocycles. The number of aliphatic hydroxyl groups is 2. The van der Waals surface area contributed by atoms with Gasteiger partial charge in [0.05, 0.1) is 25.6 Å². The Morgan fingerprint density at radius 3 is 2.73 bits per heavy atom. The Bertz CT molecular complexity index is 1100. The first kappa shape index (κ1) is 20.3. The summed E-state index contributed by atoms with van der Waals surface area (Å²) in [6.07, 6.45) is 1.65. The van der Waals surface area contributed by atoms with Gasteiger partial charge in [0.2, 0.25) is 0 Å². The highest BCUT2D eigenvalue weighted by Gasteiger charge is 2.51. The van der Waals surface area contributed by atoms with E-state index in [9.17, 15) is 10.2 Å². The van der Waals surface area contributed by atoms with Crippen LogP contribution in [-0.4, -0.2) is 55.1 Å². The first-order valence-corrected chi connectivity index (χ1v) is 9.70. The highest BCUT2D eigenvalue weighted by Crippen LogP contribution is 2.47. The molecule has 0 radical (unpaired) electrons. The molecule has 0 aliphatic carbocycles. The molecule has 0 amide bonds. The lowest BCUT2D eigenvalue weighted by atomic mass is 9.86. The van der Waals surface area contributed by atoms with Crippen LogP contribution in [0.25, 0.3) is 11.2 Å². The Hall–Kier alpha value is -3.03. The molecule has 1 aliphatic rings. The number of rotatable bonds is 4. The van der Waals surface area contributed by atoms with Gasteiger partial charge in [0.15, 0.2) is 17.2 Å². The zero-order chi connectivity index (χ0) is 21.3. The van der Waals surface area contributed by atoms with Crippen molar-refractivity contribution in [3.05, 3.63) is 48.0 Å². The summed E-state index contributed by atoms with van der Waals surface area (Å²) >= 11 is 0. The average molecular weight is 408 g/mol. The number of ether oxygens (including phenoxy) is 1. The lowest BCUT2D eigenvalue weighted by molar-refractivity contribution is -0.128. The van der Waals surface area contributed by atoms with Crippen molar-refractivity contribution in [2.75, 3.05) is 18.9 Å². The van der Waals surface area contributed by atoms with E-state index in [1.165, 1.54) is 6.33 Å². The number of imidazole rings is 1. The van der Waals surface area contributed by atoms with Gasteiger partial charge in [0.25, 0.3) is 0 Å². The number of nitrogen functional groups attached to an aromatic ring is 1. The smallest absolute Gasteiger partial charge is 0.167 e. The number of benzene rings is 1. The molecular weight excluding hydrogens is 384 g/mol. The zero-order valence-electron chi connectivity index (χ0n) is 16.6. The predicted octanol–water partition coefficient (Wildman–Crippen LogP) is 0.317. The molecule has 1 unspecified atom stereocenters. The van der Waals surface area contributed by atoms with Crippen molar-refractivity contribution >= 4 is 17.0 Å². The molecule has 0 bridgehead atoms. The lowest BCUT2D eigenvalue weighted by Crippen LogP contribution is -2.39. The van der Waals surface area contributed by atoms with Crippen molar-refractivity contribution in [3.8, 4) is 11.8 Å². The first-order chi connectivity index (χ1) is 14.5. The average Bonchev–Trinajstić information content (AvgIpc) is 3.35. The van der Waals surface area contributed by atoms with Gasteiger partial charge >= 0.3 is 0 Å². The van der Waals surface area contributed by atoms with Crippen LogP contribution in [0.1, 0.15) is 30.4 Å². The van der Waals surface area contributed by atoms with Gasteiger partial charge in [-0.05, 0) is 17.7 Å². The van der Waals surface area contributed by atoms with Gasteiger partial charge in [-0.3, -0.25) is 4.57 Å². The van der Waals surface area contributed by atoms with E-state index in [0.717, 1.165) is 11.1 Å². The maximum absolute atomic E-state index is 10.6. The number of nitrogens with zero attached hydrogens (tertiary/aromatic N) is 4. The fourth-order valence-electron chi connectivity index (χ4n) is 4.02. The summed E-state index contributed by atoms with van der Waals surface area (Å²) in [6, 6.07) is 7.78. The molecule has 1 aromatic carbocycles. The summed E-state index contributed by atoms with van der Waals surface area (Å²) in [5.41, 5.74) is 13.2. The molecule has 30 heavy (non-hydrogen) atoms. The van der Waals surface area contributed by atoms with Crippen molar-refractivity contribution in [3.63, 3.8) is 0 Å². The zero-order valence-corrected chi connectivity index (χ0v) is 16.6. The summed E-state index contributed by atoms with van der Waals surface area (Å²) in [5, 5.41) is 20.3. The third-order valence-electron chi connectivity index (χ3n) is 5.66. The number of anilines is 1. The molecule has 156 valence electrons. The fraction of sp³-hybridized carbons (Fsp3) is 0.381. The quantitative estimate of drug-likeness (QED) is 0.452. The Balaban J connectivity index is 1.81. The van der Waals surface area contributed by atoms with Gasteiger partial charge in [0, 0.05) is 17.9 Å². The lowest BCUT2D eigenvalue weighted by Gasteiger charge is -2.37. The SMILES string of the molecule is CC(c1ccc(C#CCN)cc1)[C@]1(n2cnc3c(N)ncnc32)C[C@H](O)[C@@H](CO)O1. The van der Waals surface area contributed by atoms with Gasteiger partial charge in [-0.2, -0.15) is 0 Å². The third-order valence-corrected chi connectivity index (χ3v) is 5.66. The molecule has 3 heterocycles. The molecule has 9 heteroatoms. The topological polar surface area (TPSA) is 145 Å². The van der Waals surface area contributed by atoms with Crippen molar-refractivity contribution in [1.82, 2.24) is 19.5 Å². The maximum Gasteiger partial charge on any atom is 0.167 e. The second-order valence-electron chi connectivity index (χ2n) is 7.35. The van der Waals surface area contributed by atoms with E-state index in [4.69, 9.17) is 16.2 Å². The van der Waals surface area contributed by atoms with Crippen LogP contribution >= 0.6 is 0 Å². The van der Waals surface area contributed by atoms with Crippen molar-refractivity contribution < 1.29 is 14.9 Å². The number of aromatic nitrogens is 4. The van der Waals surface area contributed by atoms with E-state index in [1.54, 1.807) is 10.9 Å². The van der Waals surface area contributed by atoms with Crippen LogP contribution in [0.4, 0.5) is 5.82 Å². The minimum Gasteiger partial charge on any atom is -0.394 e. The highest BCUT2D eigenvalue weighted by atomic mass is 16.6. The summed E-state index contributed by atoms with van der Waals surface area (Å²) in [4.78, 5) is 12.7. The monoisotopic (exact) mass is 408 g/mol. The summed E-state index contributed by atoms with van der Waals surface area (Å²) < 4.78 is 8.08. The van der Waals surface area contributed by atoms with Crippen LogP contribution in [0, 0.1) is 11.8 Å². The van der Waals surface area contributed by atoms with E-state index in [2.05, 4.69) is 26.8 Å². The van der Waals surface area contributed by atoms with E-state index in [-0.39, 0.29) is 24.8 Å². The maximum atomic E-state index is 10.6. The first-order valence-electron chi connectivity index (χ1n) is 9.70. The molecule has 6 N–H and O–H groups in total. The van der Waals surface area contributed by atoms with Gasteiger partial charge < -0.3 is 26.4 Å². The van der Waals surface area contributed by atoms with Crippen molar-refractivity contribution in [1.29, 1.82) is 0 Å². The summed E-state index contributed by atoms with van der Waals surface area (Å²) in [6.45, 7) is 2.00. The molecule has 1 fully saturated rings. The molecule has 0 saturated carbocycles. The summed E-state index contributed by atoms with van der Waals surface area (Å²) in [5.74, 6) is 5.89. The molecule has 3 aromatic rings. The van der Waals surface area contributed by atoms with Gasteiger partial charge in [0.1, 0.15) is 17.9 Å². The normalized spacial score (nSPS) is 24.5. The second kappa shape index (κ2) is 8.01. The number of nitrogens with two attached hydrogens (primary N) is 2. The molecule has 9 nitrogen and oxygen atoms in total. The Labute approximate surface area is 173 Å². The van der Waals surface area contributed by atoms with Crippen LogP contribution in [0.2, 0.25) is 0 Å².